The van der Waals surface area contributed by atoms with Crippen molar-refractivity contribution in [1.29, 1.82) is 0 Å². The lowest BCUT2D eigenvalue weighted by molar-refractivity contribution is -0.111. The maximum Gasteiger partial charge on any atom is 0.248 e. The summed E-state index contributed by atoms with van der Waals surface area (Å²) in [6.45, 7) is -0.0541. The number of benzene rings is 3. The molecular formula is C21H19NO3. The molecule has 0 aliphatic rings. The Labute approximate surface area is 146 Å². The van der Waals surface area contributed by atoms with Gasteiger partial charge >= 0.3 is 0 Å². The Hall–Kier alpha value is -3.11. The summed E-state index contributed by atoms with van der Waals surface area (Å²) in [4.78, 5) is 12.1. The highest BCUT2D eigenvalue weighted by Gasteiger charge is 2.00. The van der Waals surface area contributed by atoms with E-state index in [0.29, 0.717) is 5.69 Å². The molecule has 0 saturated heterocycles. The Balaban J connectivity index is 1.72. The summed E-state index contributed by atoms with van der Waals surface area (Å²) >= 11 is 0. The van der Waals surface area contributed by atoms with Crippen LogP contribution >= 0.6 is 0 Å². The summed E-state index contributed by atoms with van der Waals surface area (Å²) in [5.41, 5.74) is 2.36. The number of aliphatic hydroxyl groups is 1. The smallest absolute Gasteiger partial charge is 0.248 e. The third kappa shape index (κ3) is 4.25. The Morgan fingerprint density at radius 2 is 1.88 bits per heavy atom. The van der Waals surface area contributed by atoms with Crippen LogP contribution in [0, 0.1) is 0 Å². The summed E-state index contributed by atoms with van der Waals surface area (Å²) in [6.07, 6.45) is 3.27. The van der Waals surface area contributed by atoms with Crippen molar-refractivity contribution in [3.63, 3.8) is 0 Å². The molecule has 4 heteroatoms. The van der Waals surface area contributed by atoms with Crippen LogP contribution < -0.4 is 10.1 Å². The number of rotatable bonds is 5. The second-order valence-electron chi connectivity index (χ2n) is 5.65. The normalized spacial score (nSPS) is 11.0. The fourth-order valence-corrected chi connectivity index (χ4v) is 2.58. The third-order valence-electron chi connectivity index (χ3n) is 3.88. The Morgan fingerprint density at radius 1 is 1.08 bits per heavy atom. The first-order chi connectivity index (χ1) is 12.2. The first-order valence-electron chi connectivity index (χ1n) is 7.94. The molecule has 3 aromatic rings. The molecule has 0 aliphatic carbocycles. The van der Waals surface area contributed by atoms with E-state index in [1.165, 1.54) is 6.08 Å². The van der Waals surface area contributed by atoms with Gasteiger partial charge in [0.25, 0.3) is 0 Å². The molecule has 0 atom stereocenters. The highest BCUT2D eigenvalue weighted by atomic mass is 16.5. The topological polar surface area (TPSA) is 58.6 Å². The van der Waals surface area contributed by atoms with Crippen molar-refractivity contribution in [1.82, 2.24) is 0 Å². The third-order valence-corrected chi connectivity index (χ3v) is 3.88. The van der Waals surface area contributed by atoms with Gasteiger partial charge in [-0.3, -0.25) is 4.79 Å². The number of fused-ring (bicyclic) bond motifs is 1. The van der Waals surface area contributed by atoms with E-state index in [2.05, 4.69) is 5.32 Å². The van der Waals surface area contributed by atoms with Crippen LogP contribution in [0.25, 0.3) is 16.8 Å². The van der Waals surface area contributed by atoms with Crippen LogP contribution in [-0.4, -0.2) is 18.1 Å². The molecule has 3 aromatic carbocycles. The number of methoxy groups -OCH3 is 1. The highest BCUT2D eigenvalue weighted by molar-refractivity contribution is 6.02. The van der Waals surface area contributed by atoms with Crippen molar-refractivity contribution < 1.29 is 14.6 Å². The number of carbonyl (C=O) groups is 1. The van der Waals surface area contributed by atoms with Crippen molar-refractivity contribution in [3.05, 3.63) is 77.9 Å². The van der Waals surface area contributed by atoms with Crippen LogP contribution in [0.3, 0.4) is 0 Å². The molecule has 0 bridgehead atoms. The lowest BCUT2D eigenvalue weighted by Crippen LogP contribution is -2.07. The first kappa shape index (κ1) is 16.7. The van der Waals surface area contributed by atoms with Crippen LogP contribution in [0.4, 0.5) is 5.69 Å². The monoisotopic (exact) mass is 333 g/mol. The van der Waals surface area contributed by atoms with Gasteiger partial charge < -0.3 is 15.2 Å². The minimum Gasteiger partial charge on any atom is -0.497 e. The number of carbonyl (C=O) groups excluding carboxylic acids is 1. The molecule has 3 rings (SSSR count). The molecule has 0 spiro atoms. The van der Waals surface area contributed by atoms with E-state index in [1.807, 2.05) is 36.4 Å². The van der Waals surface area contributed by atoms with Gasteiger partial charge in [-0.15, -0.1) is 0 Å². The standard InChI is InChI=1S/C21H19NO3/c1-25-20-9-8-17-11-15(5-7-18(17)13-20)6-10-21(24)22-19-4-2-3-16(12-19)14-23/h2-13,23H,14H2,1H3,(H,22,24)/b10-6+. The molecule has 0 aromatic heterocycles. The zero-order chi connectivity index (χ0) is 17.6. The molecule has 126 valence electrons. The molecule has 2 N–H and O–H groups in total. The number of anilines is 1. The average molecular weight is 333 g/mol. The summed E-state index contributed by atoms with van der Waals surface area (Å²) in [5.74, 6) is 0.602. The molecule has 0 unspecified atom stereocenters. The largest absolute Gasteiger partial charge is 0.497 e. The van der Waals surface area contributed by atoms with E-state index in [9.17, 15) is 4.79 Å². The summed E-state index contributed by atoms with van der Waals surface area (Å²) in [6, 6.07) is 19.0. The van der Waals surface area contributed by atoms with Crippen molar-refractivity contribution in [2.75, 3.05) is 12.4 Å². The van der Waals surface area contributed by atoms with E-state index >= 15 is 0 Å². The highest BCUT2D eigenvalue weighted by Crippen LogP contribution is 2.22. The number of hydrogen-bond donors (Lipinski definition) is 2. The number of hydrogen-bond acceptors (Lipinski definition) is 3. The zero-order valence-corrected chi connectivity index (χ0v) is 13.9. The minimum atomic E-state index is -0.218. The summed E-state index contributed by atoms with van der Waals surface area (Å²) < 4.78 is 5.22. The van der Waals surface area contributed by atoms with E-state index < -0.39 is 0 Å². The Kier molecular flexibility index (Phi) is 5.11. The molecule has 0 aliphatic heterocycles. The van der Waals surface area contributed by atoms with Crippen LogP contribution in [-0.2, 0) is 11.4 Å². The Bertz CT molecular complexity index is 931. The maximum absolute atomic E-state index is 12.1. The number of amides is 1. The number of aliphatic hydroxyl groups excluding tert-OH is 1. The molecule has 4 nitrogen and oxygen atoms in total. The van der Waals surface area contributed by atoms with Crippen LogP contribution in [0.15, 0.2) is 66.7 Å². The summed E-state index contributed by atoms with van der Waals surface area (Å²) in [7, 11) is 1.65. The van der Waals surface area contributed by atoms with Gasteiger partial charge in [0, 0.05) is 11.8 Å². The number of ether oxygens (including phenoxy) is 1. The van der Waals surface area contributed by atoms with E-state index in [-0.39, 0.29) is 12.5 Å². The fourth-order valence-electron chi connectivity index (χ4n) is 2.58. The van der Waals surface area contributed by atoms with Crippen molar-refractivity contribution in [2.24, 2.45) is 0 Å². The minimum absolute atomic E-state index is 0.0541. The maximum atomic E-state index is 12.1. The average Bonchev–Trinajstić information content (AvgIpc) is 2.66. The van der Waals surface area contributed by atoms with Crippen LogP contribution in [0.1, 0.15) is 11.1 Å². The van der Waals surface area contributed by atoms with Crippen molar-refractivity contribution in [2.45, 2.75) is 6.61 Å². The van der Waals surface area contributed by atoms with Gasteiger partial charge in [-0.25, -0.2) is 0 Å². The van der Waals surface area contributed by atoms with E-state index in [1.54, 1.807) is 37.5 Å². The van der Waals surface area contributed by atoms with Gasteiger partial charge in [-0.1, -0.05) is 30.3 Å². The van der Waals surface area contributed by atoms with Crippen molar-refractivity contribution in [3.8, 4) is 5.75 Å². The molecule has 1 amide bonds. The predicted molar refractivity (Wildman–Crippen MR) is 101 cm³/mol. The first-order valence-corrected chi connectivity index (χ1v) is 7.94. The van der Waals surface area contributed by atoms with Crippen molar-refractivity contribution >= 4 is 28.4 Å². The summed E-state index contributed by atoms with van der Waals surface area (Å²) in [5, 5.41) is 14.1. The van der Waals surface area contributed by atoms with Gasteiger partial charge in [0.2, 0.25) is 5.91 Å². The molecule has 0 fully saturated rings. The SMILES string of the molecule is COc1ccc2cc(/C=C/C(=O)Nc3cccc(CO)c3)ccc2c1. The van der Waals surface area contributed by atoms with E-state index in [0.717, 1.165) is 27.6 Å². The van der Waals surface area contributed by atoms with Crippen LogP contribution in [0.5, 0.6) is 5.75 Å². The van der Waals surface area contributed by atoms with Gasteiger partial charge in [-0.2, -0.15) is 0 Å². The van der Waals surface area contributed by atoms with Crippen LogP contribution in [0.2, 0.25) is 0 Å². The molecule has 0 saturated carbocycles. The zero-order valence-electron chi connectivity index (χ0n) is 13.9. The quantitative estimate of drug-likeness (QED) is 0.694. The second-order valence-corrected chi connectivity index (χ2v) is 5.65. The Morgan fingerprint density at radius 3 is 2.68 bits per heavy atom. The number of nitrogens with one attached hydrogen (secondary N) is 1. The van der Waals surface area contributed by atoms with Gasteiger partial charge in [-0.05, 0) is 58.3 Å². The lowest BCUT2D eigenvalue weighted by atomic mass is 10.1. The lowest BCUT2D eigenvalue weighted by Gasteiger charge is -2.05. The van der Waals surface area contributed by atoms with Gasteiger partial charge in [0.1, 0.15) is 5.75 Å². The fraction of sp³-hybridized carbons (Fsp3) is 0.0952. The predicted octanol–water partition coefficient (Wildman–Crippen LogP) is 3.99. The van der Waals surface area contributed by atoms with Gasteiger partial charge in [0.15, 0.2) is 0 Å². The van der Waals surface area contributed by atoms with Gasteiger partial charge in [0.05, 0.1) is 13.7 Å². The molecule has 0 heterocycles. The molecular weight excluding hydrogens is 314 g/mol. The van der Waals surface area contributed by atoms with E-state index in [4.69, 9.17) is 9.84 Å². The molecule has 25 heavy (non-hydrogen) atoms. The molecule has 0 radical (unpaired) electrons. The second kappa shape index (κ2) is 7.64.